The molecule has 0 saturated heterocycles. The van der Waals surface area contributed by atoms with Crippen molar-refractivity contribution in [2.75, 3.05) is 0 Å². The molecule has 0 saturated carbocycles. The van der Waals surface area contributed by atoms with Gasteiger partial charge in [0.1, 0.15) is 0 Å². The largest absolute Gasteiger partial charge is 0.0885 e. The summed E-state index contributed by atoms with van der Waals surface area (Å²) in [5.41, 5.74) is 0. The molecule has 12 heavy (non-hydrogen) atoms. The first-order valence-corrected chi connectivity index (χ1v) is 4.97. The lowest BCUT2D eigenvalue weighted by Crippen LogP contribution is -1.74. The third-order valence-electron chi connectivity index (χ3n) is 2.04. The molecule has 0 nitrogen and oxygen atoms in total. The van der Waals surface area contributed by atoms with Crippen LogP contribution in [0.1, 0.15) is 38.5 Å². The van der Waals surface area contributed by atoms with Crippen LogP contribution in [0.15, 0.2) is 36.5 Å². The van der Waals surface area contributed by atoms with Gasteiger partial charge in [0.15, 0.2) is 0 Å². The maximum atomic E-state index is 2.32. The van der Waals surface area contributed by atoms with Crippen LogP contribution in [0.2, 0.25) is 0 Å². The Bertz CT molecular complexity index is 172. The average Bonchev–Trinajstić information content (AvgIpc) is 2.05. The second-order valence-electron chi connectivity index (χ2n) is 3.19. The van der Waals surface area contributed by atoms with Gasteiger partial charge in [-0.3, -0.25) is 0 Å². The number of rotatable bonds is 0. The van der Waals surface area contributed by atoms with Gasteiger partial charge in [-0.05, 0) is 38.5 Å². The third-order valence-corrected chi connectivity index (χ3v) is 2.04. The molecule has 1 aliphatic rings. The maximum absolute atomic E-state index is 2.32. The van der Waals surface area contributed by atoms with E-state index in [0.29, 0.717) is 0 Å². The molecule has 0 fully saturated rings. The molecule has 0 aromatic carbocycles. The molecular formula is C12H18. The molecular weight excluding hydrogens is 144 g/mol. The van der Waals surface area contributed by atoms with E-state index in [-0.39, 0.29) is 0 Å². The second-order valence-corrected chi connectivity index (χ2v) is 3.19. The Morgan fingerprint density at radius 3 is 1.83 bits per heavy atom. The van der Waals surface area contributed by atoms with Crippen molar-refractivity contribution in [3.8, 4) is 0 Å². The van der Waals surface area contributed by atoms with Gasteiger partial charge < -0.3 is 0 Å². The van der Waals surface area contributed by atoms with Crippen molar-refractivity contribution >= 4 is 0 Å². The molecule has 0 atom stereocenters. The Labute approximate surface area is 75.7 Å². The Morgan fingerprint density at radius 2 is 1.00 bits per heavy atom. The van der Waals surface area contributed by atoms with Gasteiger partial charge in [0.05, 0.1) is 0 Å². The zero-order valence-corrected chi connectivity index (χ0v) is 7.71. The Kier molecular flexibility index (Phi) is 5.35. The first kappa shape index (κ1) is 9.31. The van der Waals surface area contributed by atoms with Crippen molar-refractivity contribution in [2.24, 2.45) is 0 Å². The van der Waals surface area contributed by atoms with Gasteiger partial charge in [-0.2, -0.15) is 0 Å². The number of allylic oxidation sites excluding steroid dienone is 6. The quantitative estimate of drug-likeness (QED) is 0.472. The van der Waals surface area contributed by atoms with Gasteiger partial charge >= 0.3 is 0 Å². The van der Waals surface area contributed by atoms with Gasteiger partial charge in [0, 0.05) is 0 Å². The van der Waals surface area contributed by atoms with Gasteiger partial charge in [0.2, 0.25) is 0 Å². The fourth-order valence-electron chi connectivity index (χ4n) is 1.30. The van der Waals surface area contributed by atoms with Crippen molar-refractivity contribution in [2.45, 2.75) is 38.5 Å². The minimum Gasteiger partial charge on any atom is -0.0885 e. The molecule has 0 bridgehead atoms. The standard InChI is InChI=1S/C12H18/c1-2-4-6-8-10-12-11-9-7-5-3-1/h1-4,9,11H,5-8,10,12H2/b3-1-,4-2+,11-9+. The van der Waals surface area contributed by atoms with Gasteiger partial charge in [0.25, 0.3) is 0 Å². The van der Waals surface area contributed by atoms with Crippen LogP contribution < -0.4 is 0 Å². The molecule has 66 valence electrons. The molecule has 0 aromatic heterocycles. The molecule has 1 aliphatic carbocycles. The van der Waals surface area contributed by atoms with Crippen LogP contribution in [0.3, 0.4) is 0 Å². The summed E-state index contributed by atoms with van der Waals surface area (Å²) in [5, 5.41) is 0. The van der Waals surface area contributed by atoms with E-state index in [9.17, 15) is 0 Å². The van der Waals surface area contributed by atoms with Crippen LogP contribution in [0, 0.1) is 0 Å². The highest BCUT2D eigenvalue weighted by Crippen LogP contribution is 2.04. The van der Waals surface area contributed by atoms with Crippen molar-refractivity contribution in [1.82, 2.24) is 0 Å². The fourth-order valence-corrected chi connectivity index (χ4v) is 1.30. The van der Waals surface area contributed by atoms with E-state index in [4.69, 9.17) is 0 Å². The molecule has 0 heterocycles. The molecule has 0 radical (unpaired) electrons. The molecule has 0 N–H and O–H groups in total. The normalized spacial score (nSPS) is 28.0. The lowest BCUT2D eigenvalue weighted by molar-refractivity contribution is 0.760. The highest BCUT2D eigenvalue weighted by Gasteiger charge is 1.84. The number of hydrogen-bond donors (Lipinski definition) is 0. The van der Waals surface area contributed by atoms with Crippen molar-refractivity contribution in [3.63, 3.8) is 0 Å². The smallest absolute Gasteiger partial charge is 0.0313 e. The third kappa shape index (κ3) is 4.95. The predicted molar refractivity (Wildman–Crippen MR) is 55.1 cm³/mol. The minimum absolute atomic E-state index is 1.18. The highest BCUT2D eigenvalue weighted by molar-refractivity contribution is 5.03. The molecule has 0 unspecified atom stereocenters. The number of hydrogen-bond acceptors (Lipinski definition) is 0. The van der Waals surface area contributed by atoms with Crippen molar-refractivity contribution in [1.29, 1.82) is 0 Å². The van der Waals surface area contributed by atoms with Crippen LogP contribution in [-0.4, -0.2) is 0 Å². The topological polar surface area (TPSA) is 0 Å². The summed E-state index contributed by atoms with van der Waals surface area (Å²) in [6.45, 7) is 0. The minimum atomic E-state index is 1.18. The van der Waals surface area contributed by atoms with Gasteiger partial charge in [-0.1, -0.05) is 36.5 Å². The summed E-state index contributed by atoms with van der Waals surface area (Å²) in [7, 11) is 0. The van der Waals surface area contributed by atoms with E-state index in [1.807, 2.05) is 0 Å². The molecule has 0 aromatic rings. The van der Waals surface area contributed by atoms with Crippen LogP contribution in [0.4, 0.5) is 0 Å². The highest BCUT2D eigenvalue weighted by atomic mass is 13.9. The second kappa shape index (κ2) is 6.90. The summed E-state index contributed by atoms with van der Waals surface area (Å²) in [5.74, 6) is 0. The van der Waals surface area contributed by atoms with Crippen molar-refractivity contribution < 1.29 is 0 Å². The van der Waals surface area contributed by atoms with Gasteiger partial charge in [-0.15, -0.1) is 0 Å². The lowest BCUT2D eigenvalue weighted by Gasteiger charge is -1.94. The van der Waals surface area contributed by atoms with Crippen LogP contribution in [-0.2, 0) is 0 Å². The Hall–Kier alpha value is -0.780. The monoisotopic (exact) mass is 162 g/mol. The summed E-state index contributed by atoms with van der Waals surface area (Å²) in [6, 6.07) is 0. The molecule has 0 amide bonds. The summed E-state index contributed by atoms with van der Waals surface area (Å²) < 4.78 is 0. The van der Waals surface area contributed by atoms with E-state index < -0.39 is 0 Å². The predicted octanol–water partition coefficient (Wildman–Crippen LogP) is 4.01. The van der Waals surface area contributed by atoms with Gasteiger partial charge in [-0.25, -0.2) is 0 Å². The Balaban J connectivity index is 2.31. The van der Waals surface area contributed by atoms with Crippen molar-refractivity contribution in [3.05, 3.63) is 36.5 Å². The zero-order valence-electron chi connectivity index (χ0n) is 7.71. The molecule has 1 rings (SSSR count). The summed E-state index contributed by atoms with van der Waals surface area (Å²) in [6.07, 6.45) is 21.0. The molecule has 0 aliphatic heterocycles. The molecule has 0 heteroatoms. The van der Waals surface area contributed by atoms with E-state index in [0.717, 1.165) is 0 Å². The first-order valence-electron chi connectivity index (χ1n) is 4.97. The Morgan fingerprint density at radius 1 is 0.500 bits per heavy atom. The van der Waals surface area contributed by atoms with E-state index in [1.165, 1.54) is 38.5 Å². The van der Waals surface area contributed by atoms with Crippen LogP contribution in [0.5, 0.6) is 0 Å². The van der Waals surface area contributed by atoms with E-state index in [2.05, 4.69) is 36.5 Å². The van der Waals surface area contributed by atoms with E-state index in [1.54, 1.807) is 0 Å². The van der Waals surface area contributed by atoms with Crippen LogP contribution in [0.25, 0.3) is 0 Å². The summed E-state index contributed by atoms with van der Waals surface area (Å²) in [4.78, 5) is 0. The lowest BCUT2D eigenvalue weighted by atomic mass is 10.1. The van der Waals surface area contributed by atoms with Crippen LogP contribution >= 0.6 is 0 Å². The average molecular weight is 162 g/mol. The summed E-state index contributed by atoms with van der Waals surface area (Å²) >= 11 is 0. The zero-order chi connectivity index (χ0) is 8.49. The SMILES string of the molecule is C1=C\CC/C=C/CCCC/C=C/1. The molecule has 0 spiro atoms. The van der Waals surface area contributed by atoms with E-state index >= 15 is 0 Å². The first-order chi connectivity index (χ1) is 6.00. The maximum Gasteiger partial charge on any atom is -0.0313 e. The fraction of sp³-hybridized carbons (Fsp3) is 0.500.